The van der Waals surface area contributed by atoms with Crippen LogP contribution in [0, 0.1) is 0 Å². The Morgan fingerprint density at radius 3 is 2.41 bits per heavy atom. The third-order valence-electron chi connectivity index (χ3n) is 6.04. The van der Waals surface area contributed by atoms with Crippen molar-refractivity contribution in [2.24, 2.45) is 0 Å². The Balaban J connectivity index is 1.73. The highest BCUT2D eigenvalue weighted by Crippen LogP contribution is 2.41. The minimum Gasteiger partial charge on any atom is -0.443 e. The number of rotatable bonds is 2. The standard InChI is InChI=1S/C28H25NO3/c1-28(2,3)32-27(31)29-25-14-7-6-12-22(25)24-15-19(17-30)23(16-26(24)29)21-13-8-10-18-9-4-5-11-20(18)21/h4-15,17,23H,16H2,1-3H3/t23-/m0/s1. The fourth-order valence-corrected chi connectivity index (χ4v) is 4.73. The highest BCUT2D eigenvalue weighted by molar-refractivity contribution is 6.01. The van der Waals surface area contributed by atoms with Crippen LogP contribution in [-0.4, -0.2) is 22.5 Å². The second-order valence-electron chi connectivity index (χ2n) is 9.28. The number of ether oxygens (including phenoxy) is 1. The third-order valence-corrected chi connectivity index (χ3v) is 6.04. The molecule has 0 saturated heterocycles. The topological polar surface area (TPSA) is 48.3 Å². The van der Waals surface area contributed by atoms with Crippen molar-refractivity contribution in [1.29, 1.82) is 0 Å². The highest BCUT2D eigenvalue weighted by atomic mass is 16.6. The molecule has 5 rings (SSSR count). The molecule has 0 radical (unpaired) electrons. The number of aldehydes is 1. The fraction of sp³-hybridized carbons (Fsp3) is 0.214. The van der Waals surface area contributed by atoms with Crippen LogP contribution in [0.25, 0.3) is 27.8 Å². The van der Waals surface area contributed by atoms with Gasteiger partial charge in [0.25, 0.3) is 0 Å². The second kappa shape index (κ2) is 7.49. The van der Waals surface area contributed by atoms with Crippen molar-refractivity contribution >= 4 is 40.1 Å². The van der Waals surface area contributed by atoms with E-state index >= 15 is 0 Å². The Kier molecular flexibility index (Phi) is 4.74. The summed E-state index contributed by atoms with van der Waals surface area (Å²) in [5.41, 5.74) is 3.80. The summed E-state index contributed by atoms with van der Waals surface area (Å²) in [6.45, 7) is 5.60. The average molecular weight is 424 g/mol. The molecule has 1 atom stereocenters. The Morgan fingerprint density at radius 2 is 1.66 bits per heavy atom. The summed E-state index contributed by atoms with van der Waals surface area (Å²) in [6, 6.07) is 22.2. The van der Waals surface area contributed by atoms with Crippen LogP contribution >= 0.6 is 0 Å². The molecule has 0 bridgehead atoms. The first kappa shape index (κ1) is 20.3. The Labute approximate surface area is 187 Å². The molecule has 160 valence electrons. The van der Waals surface area contributed by atoms with Gasteiger partial charge in [0, 0.05) is 28.1 Å². The number of carbonyl (C=O) groups is 2. The van der Waals surface area contributed by atoms with E-state index in [9.17, 15) is 9.59 Å². The molecule has 0 amide bonds. The zero-order valence-electron chi connectivity index (χ0n) is 18.5. The van der Waals surface area contributed by atoms with E-state index in [1.165, 1.54) is 0 Å². The van der Waals surface area contributed by atoms with Gasteiger partial charge in [0.2, 0.25) is 0 Å². The number of allylic oxidation sites excluding steroid dienone is 1. The van der Waals surface area contributed by atoms with E-state index in [4.69, 9.17) is 4.74 Å². The van der Waals surface area contributed by atoms with Crippen LogP contribution in [-0.2, 0) is 16.0 Å². The number of nitrogens with zero attached hydrogens (tertiary/aromatic N) is 1. The summed E-state index contributed by atoms with van der Waals surface area (Å²) >= 11 is 0. The highest BCUT2D eigenvalue weighted by Gasteiger charge is 2.32. The zero-order chi connectivity index (χ0) is 22.5. The Hall–Kier alpha value is -3.66. The molecule has 0 saturated carbocycles. The molecule has 32 heavy (non-hydrogen) atoms. The number of fused-ring (bicyclic) bond motifs is 4. The SMILES string of the molecule is CC(C)(C)OC(=O)n1c2c(c3ccccc31)C=C(C=O)[C@@H](c1cccc3ccccc13)C2. The predicted octanol–water partition coefficient (Wildman–Crippen LogP) is 6.50. The second-order valence-corrected chi connectivity index (χ2v) is 9.28. The maximum absolute atomic E-state index is 13.3. The van der Waals surface area contributed by atoms with Crippen molar-refractivity contribution in [3.05, 3.63) is 89.1 Å². The van der Waals surface area contributed by atoms with Gasteiger partial charge in [0.15, 0.2) is 0 Å². The van der Waals surface area contributed by atoms with Gasteiger partial charge in [-0.25, -0.2) is 9.36 Å². The number of para-hydroxylation sites is 1. The molecule has 1 aromatic heterocycles. The fourth-order valence-electron chi connectivity index (χ4n) is 4.73. The summed E-state index contributed by atoms with van der Waals surface area (Å²) in [7, 11) is 0. The van der Waals surface area contributed by atoms with Gasteiger partial charge in [-0.05, 0) is 55.7 Å². The van der Waals surface area contributed by atoms with Gasteiger partial charge in [-0.3, -0.25) is 4.79 Å². The minimum atomic E-state index is -0.608. The first-order valence-corrected chi connectivity index (χ1v) is 10.9. The van der Waals surface area contributed by atoms with E-state index in [0.29, 0.717) is 6.42 Å². The molecule has 4 aromatic rings. The lowest BCUT2D eigenvalue weighted by atomic mass is 9.80. The van der Waals surface area contributed by atoms with Crippen LogP contribution in [0.4, 0.5) is 4.79 Å². The average Bonchev–Trinajstić information content (AvgIpc) is 3.10. The first-order chi connectivity index (χ1) is 15.4. The van der Waals surface area contributed by atoms with Gasteiger partial charge in [-0.1, -0.05) is 60.7 Å². The van der Waals surface area contributed by atoms with E-state index in [1.807, 2.05) is 69.3 Å². The maximum Gasteiger partial charge on any atom is 0.419 e. The van der Waals surface area contributed by atoms with E-state index in [2.05, 4.69) is 24.3 Å². The van der Waals surface area contributed by atoms with Gasteiger partial charge in [0.1, 0.15) is 11.9 Å². The van der Waals surface area contributed by atoms with E-state index in [1.54, 1.807) is 4.57 Å². The van der Waals surface area contributed by atoms with Crippen molar-refractivity contribution in [1.82, 2.24) is 4.57 Å². The zero-order valence-corrected chi connectivity index (χ0v) is 18.5. The summed E-state index contributed by atoms with van der Waals surface area (Å²) in [4.78, 5) is 25.5. The van der Waals surface area contributed by atoms with Crippen LogP contribution < -0.4 is 0 Å². The molecule has 4 heteroatoms. The van der Waals surface area contributed by atoms with Crippen LogP contribution in [0.5, 0.6) is 0 Å². The number of hydrogen-bond acceptors (Lipinski definition) is 3. The number of carbonyl (C=O) groups excluding carboxylic acids is 2. The van der Waals surface area contributed by atoms with Crippen molar-refractivity contribution in [3.63, 3.8) is 0 Å². The lowest BCUT2D eigenvalue weighted by Crippen LogP contribution is -2.29. The molecule has 1 aliphatic rings. The van der Waals surface area contributed by atoms with Crippen LogP contribution in [0.15, 0.2) is 72.3 Å². The van der Waals surface area contributed by atoms with Crippen molar-refractivity contribution in [3.8, 4) is 0 Å². The molecule has 3 aromatic carbocycles. The van der Waals surface area contributed by atoms with E-state index in [-0.39, 0.29) is 5.92 Å². The quantitative estimate of drug-likeness (QED) is 0.346. The normalized spacial score (nSPS) is 16.0. The monoisotopic (exact) mass is 423 g/mol. The summed E-state index contributed by atoms with van der Waals surface area (Å²) < 4.78 is 7.44. The maximum atomic E-state index is 13.3. The Bertz CT molecular complexity index is 1400. The first-order valence-electron chi connectivity index (χ1n) is 10.9. The summed E-state index contributed by atoms with van der Waals surface area (Å²) in [6.07, 6.45) is 3.05. The molecule has 4 nitrogen and oxygen atoms in total. The van der Waals surface area contributed by atoms with Gasteiger partial charge in [-0.2, -0.15) is 0 Å². The predicted molar refractivity (Wildman–Crippen MR) is 128 cm³/mol. The number of aromatic nitrogens is 1. The van der Waals surface area contributed by atoms with Crippen molar-refractivity contribution < 1.29 is 14.3 Å². The van der Waals surface area contributed by atoms with Crippen LogP contribution in [0.2, 0.25) is 0 Å². The smallest absolute Gasteiger partial charge is 0.419 e. The summed E-state index contributed by atoms with van der Waals surface area (Å²) in [5.74, 6) is -0.142. The lowest BCUT2D eigenvalue weighted by Gasteiger charge is -2.26. The van der Waals surface area contributed by atoms with Gasteiger partial charge in [-0.15, -0.1) is 0 Å². The minimum absolute atomic E-state index is 0.142. The number of hydrogen-bond donors (Lipinski definition) is 0. The largest absolute Gasteiger partial charge is 0.443 e. The van der Waals surface area contributed by atoms with Gasteiger partial charge >= 0.3 is 6.09 Å². The summed E-state index contributed by atoms with van der Waals surface area (Å²) in [5, 5.41) is 3.20. The molecule has 0 aliphatic heterocycles. The third kappa shape index (κ3) is 3.32. The van der Waals surface area contributed by atoms with Gasteiger partial charge in [0.05, 0.1) is 5.52 Å². The molecule has 1 aliphatic carbocycles. The molecule has 0 fully saturated rings. The molecular formula is C28H25NO3. The molecule has 0 spiro atoms. The molecular weight excluding hydrogens is 398 g/mol. The van der Waals surface area contributed by atoms with Crippen molar-refractivity contribution in [2.75, 3.05) is 0 Å². The molecule has 1 heterocycles. The van der Waals surface area contributed by atoms with Crippen molar-refractivity contribution in [2.45, 2.75) is 38.7 Å². The van der Waals surface area contributed by atoms with Crippen LogP contribution in [0.1, 0.15) is 43.5 Å². The van der Waals surface area contributed by atoms with E-state index in [0.717, 1.165) is 50.4 Å². The molecule has 0 unspecified atom stereocenters. The van der Waals surface area contributed by atoms with Gasteiger partial charge < -0.3 is 4.74 Å². The van der Waals surface area contributed by atoms with E-state index < -0.39 is 11.7 Å². The Morgan fingerprint density at radius 1 is 0.969 bits per heavy atom. The lowest BCUT2D eigenvalue weighted by molar-refractivity contribution is -0.105. The van der Waals surface area contributed by atoms with Crippen LogP contribution in [0.3, 0.4) is 0 Å². The molecule has 0 N–H and O–H groups in total. The number of benzene rings is 3.